The monoisotopic (exact) mass is 430 g/mol. The van der Waals surface area contributed by atoms with Gasteiger partial charge in [-0.2, -0.15) is 5.10 Å². The largest absolute Gasteiger partial charge is 0.348 e. The zero-order chi connectivity index (χ0) is 21.1. The molecule has 2 aromatic heterocycles. The minimum atomic E-state index is -0.849. The van der Waals surface area contributed by atoms with Crippen LogP contribution in [0.1, 0.15) is 23.3 Å². The van der Waals surface area contributed by atoms with Gasteiger partial charge in [0.25, 0.3) is 5.91 Å². The molecule has 3 aromatic rings. The minimum Gasteiger partial charge on any atom is -0.348 e. The molecule has 1 saturated carbocycles. The number of amides is 2. The van der Waals surface area contributed by atoms with Crippen LogP contribution in [0.25, 0.3) is 5.82 Å². The van der Waals surface area contributed by atoms with Crippen LogP contribution in [-0.4, -0.2) is 43.4 Å². The number of anilines is 1. The zero-order valence-corrected chi connectivity index (χ0v) is 16.3. The Morgan fingerprint density at radius 3 is 2.77 bits per heavy atom. The fourth-order valence-corrected chi connectivity index (χ4v) is 3.17. The van der Waals surface area contributed by atoms with Gasteiger partial charge in [-0.25, -0.2) is 23.4 Å². The van der Waals surface area contributed by atoms with Gasteiger partial charge in [-0.1, -0.05) is 11.8 Å². The molecule has 1 aliphatic rings. The van der Waals surface area contributed by atoms with Crippen LogP contribution in [0, 0.1) is 11.6 Å². The van der Waals surface area contributed by atoms with E-state index in [1.54, 1.807) is 18.3 Å². The number of rotatable bonds is 7. The first-order valence-electron chi connectivity index (χ1n) is 9.04. The quantitative estimate of drug-likeness (QED) is 0.441. The molecule has 1 fully saturated rings. The first kappa shape index (κ1) is 20.0. The van der Waals surface area contributed by atoms with Crippen LogP contribution in [0.4, 0.5) is 14.5 Å². The molecule has 2 heterocycles. The number of nitrogens with zero attached hydrogens (tertiary/aromatic N) is 4. The molecule has 11 heteroatoms. The van der Waals surface area contributed by atoms with Crippen molar-refractivity contribution in [3.63, 3.8) is 0 Å². The molecular weight excluding hydrogens is 414 g/mol. The molecule has 1 aliphatic carbocycles. The molecule has 0 unspecified atom stereocenters. The molecule has 0 bridgehead atoms. The van der Waals surface area contributed by atoms with E-state index in [4.69, 9.17) is 0 Å². The molecule has 0 saturated heterocycles. The van der Waals surface area contributed by atoms with E-state index in [2.05, 4.69) is 25.7 Å². The van der Waals surface area contributed by atoms with Crippen LogP contribution < -0.4 is 10.6 Å². The molecule has 154 valence electrons. The smallest absolute Gasteiger partial charge is 0.272 e. The molecule has 0 spiro atoms. The third-order valence-corrected chi connectivity index (χ3v) is 5.08. The van der Waals surface area contributed by atoms with E-state index < -0.39 is 17.5 Å². The van der Waals surface area contributed by atoms with E-state index in [1.165, 1.54) is 11.0 Å². The highest BCUT2D eigenvalue weighted by Crippen LogP contribution is 2.20. The summed E-state index contributed by atoms with van der Waals surface area (Å²) >= 11 is 1.12. The highest BCUT2D eigenvalue weighted by atomic mass is 32.2. The molecule has 0 aliphatic heterocycles. The fraction of sp³-hybridized carbons (Fsp3) is 0.211. The molecule has 8 nitrogen and oxygen atoms in total. The molecule has 0 radical (unpaired) electrons. The second kappa shape index (κ2) is 8.57. The maximum Gasteiger partial charge on any atom is 0.272 e. The molecular formula is C19H16F2N6O2S. The Kier molecular flexibility index (Phi) is 5.70. The summed E-state index contributed by atoms with van der Waals surface area (Å²) in [4.78, 5) is 32.3. The summed E-state index contributed by atoms with van der Waals surface area (Å²) in [6.07, 6.45) is 4.91. The normalized spacial score (nSPS) is 13.1. The average molecular weight is 430 g/mol. The summed E-state index contributed by atoms with van der Waals surface area (Å²) in [6, 6.07) is 6.36. The van der Waals surface area contributed by atoms with Gasteiger partial charge in [0.1, 0.15) is 23.0 Å². The third kappa shape index (κ3) is 4.98. The fourth-order valence-electron chi connectivity index (χ4n) is 2.51. The van der Waals surface area contributed by atoms with Gasteiger partial charge >= 0.3 is 0 Å². The van der Waals surface area contributed by atoms with Gasteiger partial charge in [0.05, 0.1) is 11.4 Å². The number of aromatic nitrogens is 4. The Bertz CT molecular complexity index is 1100. The van der Waals surface area contributed by atoms with Gasteiger partial charge in [0.15, 0.2) is 11.5 Å². The summed E-state index contributed by atoms with van der Waals surface area (Å²) < 4.78 is 28.0. The number of hydrogen-bond acceptors (Lipinski definition) is 6. The first-order valence-corrected chi connectivity index (χ1v) is 10.0. The van der Waals surface area contributed by atoms with Crippen molar-refractivity contribution < 1.29 is 18.4 Å². The second-order valence-electron chi connectivity index (χ2n) is 6.57. The Morgan fingerprint density at radius 1 is 1.17 bits per heavy atom. The molecule has 30 heavy (non-hydrogen) atoms. The Labute approximate surface area is 174 Å². The number of nitrogens with one attached hydrogen (secondary N) is 2. The van der Waals surface area contributed by atoms with E-state index in [0.29, 0.717) is 16.9 Å². The van der Waals surface area contributed by atoms with Gasteiger partial charge in [0, 0.05) is 24.4 Å². The summed E-state index contributed by atoms with van der Waals surface area (Å²) in [5.41, 5.74) is 0.189. The van der Waals surface area contributed by atoms with Crippen molar-refractivity contribution in [3.8, 4) is 5.82 Å². The van der Waals surface area contributed by atoms with Crippen molar-refractivity contribution in [1.82, 2.24) is 25.1 Å². The van der Waals surface area contributed by atoms with Crippen LogP contribution in [0.15, 0.2) is 47.9 Å². The van der Waals surface area contributed by atoms with Gasteiger partial charge in [0.2, 0.25) is 5.91 Å². The number of hydrogen-bond donors (Lipinski definition) is 2. The average Bonchev–Trinajstić information content (AvgIpc) is 3.39. The molecule has 1 aromatic carbocycles. The highest BCUT2D eigenvalue weighted by molar-refractivity contribution is 7.99. The predicted molar refractivity (Wildman–Crippen MR) is 105 cm³/mol. The lowest BCUT2D eigenvalue weighted by molar-refractivity contribution is -0.113. The third-order valence-electron chi connectivity index (χ3n) is 4.15. The van der Waals surface area contributed by atoms with E-state index >= 15 is 0 Å². The summed E-state index contributed by atoms with van der Waals surface area (Å²) in [5.74, 6) is -1.88. The van der Waals surface area contributed by atoms with Crippen LogP contribution in [-0.2, 0) is 4.79 Å². The van der Waals surface area contributed by atoms with Crippen LogP contribution in [0.2, 0.25) is 0 Å². The maximum absolute atomic E-state index is 13.6. The Hall–Kier alpha value is -3.34. The summed E-state index contributed by atoms with van der Waals surface area (Å²) in [5, 5.41) is 9.96. The number of carbonyl (C=O) groups is 2. The van der Waals surface area contributed by atoms with Crippen molar-refractivity contribution in [2.45, 2.75) is 23.9 Å². The lowest BCUT2D eigenvalue weighted by Gasteiger charge is -2.07. The van der Waals surface area contributed by atoms with Crippen molar-refractivity contribution in [2.24, 2.45) is 0 Å². The second-order valence-corrected chi connectivity index (χ2v) is 7.56. The van der Waals surface area contributed by atoms with Crippen molar-refractivity contribution >= 4 is 29.3 Å². The van der Waals surface area contributed by atoms with Gasteiger partial charge < -0.3 is 10.6 Å². The molecule has 0 atom stereocenters. The van der Waals surface area contributed by atoms with Crippen molar-refractivity contribution in [2.75, 3.05) is 11.1 Å². The van der Waals surface area contributed by atoms with Gasteiger partial charge in [-0.05, 0) is 31.0 Å². The number of benzene rings is 1. The molecule has 2 N–H and O–H groups in total. The lowest BCUT2D eigenvalue weighted by Crippen LogP contribution is -2.25. The van der Waals surface area contributed by atoms with Crippen molar-refractivity contribution in [3.05, 3.63) is 60.2 Å². The number of halogens is 2. The standard InChI is InChI=1S/C19H16F2N6O2S/c20-11-1-4-14(13(21)7-11)25-17(28)9-30-18-8-16(22-10-23-18)27-6-5-15(26-27)19(29)24-12-2-3-12/h1,4-8,10,12H,2-3,9H2,(H,24,29)(H,25,28). The SMILES string of the molecule is O=C(CSc1cc(-n2ccc(C(=O)NC3CC3)n2)ncn1)Nc1ccc(F)cc1F. The maximum atomic E-state index is 13.6. The number of carbonyl (C=O) groups excluding carboxylic acids is 2. The predicted octanol–water partition coefficient (Wildman–Crippen LogP) is 2.56. The first-order chi connectivity index (χ1) is 14.5. The van der Waals surface area contributed by atoms with Crippen LogP contribution in [0.5, 0.6) is 0 Å². The van der Waals surface area contributed by atoms with E-state index in [-0.39, 0.29) is 29.1 Å². The highest BCUT2D eigenvalue weighted by Gasteiger charge is 2.24. The minimum absolute atomic E-state index is 0.0403. The van der Waals surface area contributed by atoms with Crippen LogP contribution in [0.3, 0.4) is 0 Å². The van der Waals surface area contributed by atoms with Crippen molar-refractivity contribution in [1.29, 1.82) is 0 Å². The lowest BCUT2D eigenvalue weighted by atomic mass is 10.3. The zero-order valence-electron chi connectivity index (χ0n) is 15.5. The van der Waals surface area contributed by atoms with E-state index in [0.717, 1.165) is 36.7 Å². The summed E-state index contributed by atoms with van der Waals surface area (Å²) in [6.45, 7) is 0. The topological polar surface area (TPSA) is 102 Å². The number of thioether (sulfide) groups is 1. The van der Waals surface area contributed by atoms with E-state index in [1.807, 2.05) is 0 Å². The Balaban J connectivity index is 1.37. The van der Waals surface area contributed by atoms with Gasteiger partial charge in [-0.15, -0.1) is 0 Å². The summed E-state index contributed by atoms with van der Waals surface area (Å²) in [7, 11) is 0. The van der Waals surface area contributed by atoms with E-state index in [9.17, 15) is 18.4 Å². The van der Waals surface area contributed by atoms with Gasteiger partial charge in [-0.3, -0.25) is 9.59 Å². The Morgan fingerprint density at radius 2 is 2.00 bits per heavy atom. The van der Waals surface area contributed by atoms with Crippen LogP contribution >= 0.6 is 11.8 Å². The molecule has 4 rings (SSSR count). The molecule has 2 amide bonds.